The van der Waals surface area contributed by atoms with Gasteiger partial charge in [0.1, 0.15) is 5.75 Å². The summed E-state index contributed by atoms with van der Waals surface area (Å²) in [6, 6.07) is 8.08. The van der Waals surface area contributed by atoms with E-state index in [-0.39, 0.29) is 11.9 Å². The largest absolute Gasteiger partial charge is 0.497 e. The fourth-order valence-electron chi connectivity index (χ4n) is 2.72. The minimum absolute atomic E-state index is 0.0390. The highest BCUT2D eigenvalue weighted by Crippen LogP contribution is 2.33. The van der Waals surface area contributed by atoms with E-state index in [2.05, 4.69) is 10.2 Å². The normalized spacial score (nSPS) is 18.2. The Morgan fingerprint density at radius 3 is 2.85 bits per heavy atom. The molecule has 1 aliphatic heterocycles. The van der Waals surface area contributed by atoms with E-state index in [1.165, 1.54) is 0 Å². The number of H-pyrrole nitrogens is 1. The number of aromatic amines is 1. The van der Waals surface area contributed by atoms with E-state index < -0.39 is 0 Å². The van der Waals surface area contributed by atoms with E-state index in [0.29, 0.717) is 5.56 Å². The molecule has 0 bridgehead atoms. The zero-order valence-electron chi connectivity index (χ0n) is 11.4. The number of hydrogen-bond acceptors (Lipinski definition) is 3. The first kappa shape index (κ1) is 12.7. The Labute approximate surface area is 117 Å². The molecule has 5 nitrogen and oxygen atoms in total. The van der Waals surface area contributed by atoms with Crippen molar-refractivity contribution in [2.24, 2.45) is 0 Å². The van der Waals surface area contributed by atoms with E-state index in [9.17, 15) is 4.79 Å². The average Bonchev–Trinajstić information content (AvgIpc) is 3.18. The van der Waals surface area contributed by atoms with Crippen LogP contribution in [0.4, 0.5) is 0 Å². The van der Waals surface area contributed by atoms with Crippen molar-refractivity contribution in [3.05, 3.63) is 47.8 Å². The standard InChI is InChI=1S/C15H17N3O2/c1-20-13-6-4-11(5-7-13)14-3-2-8-18(14)15(19)12-9-16-17-10-12/h4-7,9-10,14H,2-3,8H2,1H3,(H,16,17). The van der Waals surface area contributed by atoms with Crippen molar-refractivity contribution in [3.63, 3.8) is 0 Å². The van der Waals surface area contributed by atoms with Crippen LogP contribution in [0.3, 0.4) is 0 Å². The zero-order valence-corrected chi connectivity index (χ0v) is 11.4. The Morgan fingerprint density at radius 1 is 1.40 bits per heavy atom. The van der Waals surface area contributed by atoms with Gasteiger partial charge >= 0.3 is 0 Å². The molecule has 1 saturated heterocycles. The molecule has 1 aromatic heterocycles. The molecule has 1 fully saturated rings. The molecule has 1 aliphatic rings. The van der Waals surface area contributed by atoms with Gasteiger partial charge in [-0.2, -0.15) is 5.10 Å². The Hall–Kier alpha value is -2.30. The first-order valence-electron chi connectivity index (χ1n) is 6.73. The fraction of sp³-hybridized carbons (Fsp3) is 0.333. The summed E-state index contributed by atoms with van der Waals surface area (Å²) in [5.74, 6) is 0.872. The lowest BCUT2D eigenvalue weighted by molar-refractivity contribution is 0.0735. The highest BCUT2D eigenvalue weighted by atomic mass is 16.5. The maximum absolute atomic E-state index is 12.5. The third-order valence-corrected chi connectivity index (χ3v) is 3.76. The smallest absolute Gasteiger partial charge is 0.257 e. The van der Waals surface area contributed by atoms with Gasteiger partial charge in [0.15, 0.2) is 0 Å². The van der Waals surface area contributed by atoms with Crippen LogP contribution in [0.25, 0.3) is 0 Å². The second kappa shape index (κ2) is 5.36. The summed E-state index contributed by atoms with van der Waals surface area (Å²) in [6.45, 7) is 0.792. The Kier molecular flexibility index (Phi) is 3.41. The molecule has 0 aliphatic carbocycles. The number of hydrogen-bond donors (Lipinski definition) is 1. The molecule has 2 aromatic rings. The molecule has 1 atom stereocenters. The molecular weight excluding hydrogens is 254 g/mol. The predicted molar refractivity (Wildman–Crippen MR) is 74.6 cm³/mol. The van der Waals surface area contributed by atoms with Gasteiger partial charge in [-0.1, -0.05) is 12.1 Å². The number of rotatable bonds is 3. The number of nitrogens with one attached hydrogen (secondary N) is 1. The van der Waals surface area contributed by atoms with Crippen LogP contribution in [-0.2, 0) is 0 Å². The number of aromatic nitrogens is 2. The van der Waals surface area contributed by atoms with Crippen LogP contribution in [0.1, 0.15) is 34.8 Å². The number of ether oxygens (including phenoxy) is 1. The van der Waals surface area contributed by atoms with Crippen LogP contribution in [0.15, 0.2) is 36.7 Å². The maximum atomic E-state index is 12.5. The molecule has 0 spiro atoms. The van der Waals surface area contributed by atoms with Crippen molar-refractivity contribution in [2.45, 2.75) is 18.9 Å². The van der Waals surface area contributed by atoms with E-state index in [4.69, 9.17) is 4.74 Å². The van der Waals surface area contributed by atoms with Crippen LogP contribution in [0.2, 0.25) is 0 Å². The zero-order chi connectivity index (χ0) is 13.9. The fourth-order valence-corrected chi connectivity index (χ4v) is 2.72. The van der Waals surface area contributed by atoms with Crippen molar-refractivity contribution in [1.82, 2.24) is 15.1 Å². The average molecular weight is 271 g/mol. The SMILES string of the molecule is COc1ccc(C2CCCN2C(=O)c2cn[nH]c2)cc1. The summed E-state index contributed by atoms with van der Waals surface area (Å²) >= 11 is 0. The third-order valence-electron chi connectivity index (χ3n) is 3.76. The number of carbonyl (C=O) groups excluding carboxylic acids is 1. The molecule has 1 N–H and O–H groups in total. The van der Waals surface area contributed by atoms with Crippen LogP contribution >= 0.6 is 0 Å². The van der Waals surface area contributed by atoms with Crippen LogP contribution in [-0.4, -0.2) is 34.7 Å². The first-order chi connectivity index (χ1) is 9.79. The molecule has 1 unspecified atom stereocenters. The lowest BCUT2D eigenvalue weighted by Gasteiger charge is -2.24. The number of benzene rings is 1. The topological polar surface area (TPSA) is 58.2 Å². The number of likely N-dealkylation sites (tertiary alicyclic amines) is 1. The number of nitrogens with zero attached hydrogens (tertiary/aromatic N) is 2. The highest BCUT2D eigenvalue weighted by Gasteiger charge is 2.30. The summed E-state index contributed by atoms with van der Waals surface area (Å²) < 4.78 is 5.17. The third kappa shape index (κ3) is 2.27. The molecule has 5 heteroatoms. The van der Waals surface area contributed by atoms with E-state index in [1.807, 2.05) is 29.2 Å². The van der Waals surface area contributed by atoms with Gasteiger partial charge in [-0.15, -0.1) is 0 Å². The minimum Gasteiger partial charge on any atom is -0.497 e. The van der Waals surface area contributed by atoms with Crippen LogP contribution in [0, 0.1) is 0 Å². The summed E-state index contributed by atoms with van der Waals surface area (Å²) in [5, 5.41) is 6.54. The van der Waals surface area contributed by atoms with Crippen molar-refractivity contribution in [3.8, 4) is 5.75 Å². The van der Waals surface area contributed by atoms with E-state index in [1.54, 1.807) is 19.5 Å². The van der Waals surface area contributed by atoms with E-state index >= 15 is 0 Å². The second-order valence-corrected chi connectivity index (χ2v) is 4.92. The molecule has 2 heterocycles. The van der Waals surface area contributed by atoms with Gasteiger partial charge in [-0.05, 0) is 30.5 Å². The Bertz CT molecular complexity index is 578. The molecule has 1 amide bonds. The van der Waals surface area contributed by atoms with Gasteiger partial charge in [0.05, 0.1) is 24.9 Å². The van der Waals surface area contributed by atoms with Crippen molar-refractivity contribution < 1.29 is 9.53 Å². The predicted octanol–water partition coefficient (Wildman–Crippen LogP) is 2.40. The molecule has 104 valence electrons. The summed E-state index contributed by atoms with van der Waals surface area (Å²) in [6.07, 6.45) is 5.24. The second-order valence-electron chi connectivity index (χ2n) is 4.92. The van der Waals surface area contributed by atoms with Gasteiger partial charge in [-0.25, -0.2) is 0 Å². The van der Waals surface area contributed by atoms with Crippen molar-refractivity contribution >= 4 is 5.91 Å². The van der Waals surface area contributed by atoms with Crippen LogP contribution < -0.4 is 4.74 Å². The summed E-state index contributed by atoms with van der Waals surface area (Å²) in [7, 11) is 1.65. The van der Waals surface area contributed by atoms with Gasteiger partial charge in [0.25, 0.3) is 5.91 Å². The Morgan fingerprint density at radius 2 is 2.20 bits per heavy atom. The maximum Gasteiger partial charge on any atom is 0.257 e. The molecule has 3 rings (SSSR count). The van der Waals surface area contributed by atoms with Gasteiger partial charge in [0.2, 0.25) is 0 Å². The quantitative estimate of drug-likeness (QED) is 0.932. The highest BCUT2D eigenvalue weighted by molar-refractivity contribution is 5.94. The van der Waals surface area contributed by atoms with Gasteiger partial charge < -0.3 is 9.64 Å². The summed E-state index contributed by atoms with van der Waals surface area (Å²) in [4.78, 5) is 14.4. The molecule has 20 heavy (non-hydrogen) atoms. The van der Waals surface area contributed by atoms with Crippen LogP contribution in [0.5, 0.6) is 5.75 Å². The van der Waals surface area contributed by atoms with Crippen molar-refractivity contribution in [2.75, 3.05) is 13.7 Å². The number of amides is 1. The minimum atomic E-state index is 0.0390. The molecule has 1 aromatic carbocycles. The lowest BCUT2D eigenvalue weighted by Crippen LogP contribution is -2.30. The number of carbonyl (C=O) groups is 1. The van der Waals surface area contributed by atoms with Gasteiger partial charge in [-0.3, -0.25) is 9.89 Å². The molecule has 0 saturated carbocycles. The summed E-state index contributed by atoms with van der Waals surface area (Å²) in [5.41, 5.74) is 1.77. The van der Waals surface area contributed by atoms with Crippen molar-refractivity contribution in [1.29, 1.82) is 0 Å². The Balaban J connectivity index is 1.83. The molecule has 0 radical (unpaired) electrons. The molecular formula is C15H17N3O2. The lowest BCUT2D eigenvalue weighted by atomic mass is 10.0. The number of methoxy groups -OCH3 is 1. The monoisotopic (exact) mass is 271 g/mol. The van der Waals surface area contributed by atoms with E-state index in [0.717, 1.165) is 30.7 Å². The van der Waals surface area contributed by atoms with Gasteiger partial charge in [0, 0.05) is 12.7 Å². The first-order valence-corrected chi connectivity index (χ1v) is 6.73.